The summed E-state index contributed by atoms with van der Waals surface area (Å²) in [6.07, 6.45) is 5.83. The number of nitrogens with zero attached hydrogens (tertiary/aromatic N) is 8. The van der Waals surface area contributed by atoms with E-state index in [9.17, 15) is 36.0 Å². The molecule has 0 atom stereocenters. The second-order valence-corrected chi connectivity index (χ2v) is 28.2. The van der Waals surface area contributed by atoms with Gasteiger partial charge in [-0.05, 0) is 165 Å². The van der Waals surface area contributed by atoms with Crippen molar-refractivity contribution in [2.45, 2.75) is 22.6 Å². The summed E-state index contributed by atoms with van der Waals surface area (Å²) in [6, 6.07) is 54.4. The minimum atomic E-state index is -3.84. The molecule has 1 aliphatic heterocycles. The summed E-state index contributed by atoms with van der Waals surface area (Å²) in [7, 11) is -4.81. The highest BCUT2D eigenvalue weighted by atomic mass is 35.5. The van der Waals surface area contributed by atoms with Crippen LogP contribution in [0.3, 0.4) is 0 Å². The fraction of sp³-hybridized carbons (Fsp3) is 0.171. The van der Waals surface area contributed by atoms with Crippen LogP contribution in [0.1, 0.15) is 44.0 Å². The van der Waals surface area contributed by atoms with E-state index in [-0.39, 0.29) is 47.4 Å². The van der Waals surface area contributed by atoms with Crippen molar-refractivity contribution in [1.29, 1.82) is 0 Å². The molecule has 6 N–H and O–H groups in total. The Bertz CT molecular complexity index is 5400. The number of amides is 3. The van der Waals surface area contributed by atoms with Gasteiger partial charge in [0.05, 0.1) is 127 Å². The average Bonchev–Trinajstić information content (AvgIpc) is 0.806. The zero-order chi connectivity index (χ0) is 74.6. The van der Waals surface area contributed by atoms with Crippen molar-refractivity contribution in [3.05, 3.63) is 245 Å². The monoisotopic (exact) mass is 1520 g/mol. The molecule has 25 nitrogen and oxygen atoms in total. The van der Waals surface area contributed by atoms with E-state index in [1.165, 1.54) is 62.8 Å². The maximum atomic E-state index is 12.9. The third-order valence-electron chi connectivity index (χ3n) is 16.2. The van der Waals surface area contributed by atoms with Gasteiger partial charge >= 0.3 is 5.97 Å². The fourth-order valence-electron chi connectivity index (χ4n) is 10.7. The Hall–Kier alpha value is -10.8. The van der Waals surface area contributed by atoms with E-state index in [4.69, 9.17) is 44.3 Å². The quantitative estimate of drug-likeness (QED) is 0.0242. The number of aromatic nitrogens is 7. The van der Waals surface area contributed by atoms with E-state index in [1.807, 2.05) is 84.9 Å². The van der Waals surface area contributed by atoms with Crippen LogP contribution in [0.5, 0.6) is 0 Å². The normalized spacial score (nSPS) is 12.3. The number of pyridine rings is 1. The number of hydrogen-bond acceptors (Lipinski definition) is 20. The number of benzene rings is 8. The summed E-state index contributed by atoms with van der Waals surface area (Å²) in [5, 5.41) is 13.3. The molecule has 0 bridgehead atoms. The lowest BCUT2D eigenvalue weighted by molar-refractivity contribution is -0.140. The number of rotatable bonds is 24. The Balaban J connectivity index is 0.000000159. The molecule has 0 aliphatic carbocycles. The minimum Gasteiger partial charge on any atom is -0.469 e. The third-order valence-corrected chi connectivity index (χ3v) is 20.1. The van der Waals surface area contributed by atoms with Gasteiger partial charge in [-0.25, -0.2) is 46.2 Å². The Labute approximate surface area is 625 Å². The van der Waals surface area contributed by atoms with Gasteiger partial charge in [0.1, 0.15) is 11.5 Å². The number of anilines is 4. The third kappa shape index (κ3) is 20.6. The van der Waals surface area contributed by atoms with Crippen LogP contribution in [0.4, 0.5) is 22.9 Å². The van der Waals surface area contributed by atoms with Crippen molar-refractivity contribution < 1.29 is 50.2 Å². The number of hydrogen-bond donors (Lipinski definition) is 6. The first-order chi connectivity index (χ1) is 51.3. The number of halogens is 3. The summed E-state index contributed by atoms with van der Waals surface area (Å²) in [4.78, 5) is 83.7. The van der Waals surface area contributed by atoms with E-state index >= 15 is 0 Å². The molecule has 13 rings (SSSR count). The number of ether oxygens (including phenoxy) is 3. The number of morpholine rings is 1. The highest BCUT2D eigenvalue weighted by molar-refractivity contribution is 7.89. The lowest BCUT2D eigenvalue weighted by atomic mass is 10.1. The highest BCUT2D eigenvalue weighted by Crippen LogP contribution is 2.34. The molecule has 4 aromatic heterocycles. The van der Waals surface area contributed by atoms with Gasteiger partial charge in [-0.2, -0.15) is 0 Å². The summed E-state index contributed by atoms with van der Waals surface area (Å²) < 4.78 is 68.8. The lowest BCUT2D eigenvalue weighted by Crippen LogP contribution is -2.37. The van der Waals surface area contributed by atoms with Gasteiger partial charge in [0.25, 0.3) is 17.7 Å². The molecule has 12 aromatic rings. The van der Waals surface area contributed by atoms with Gasteiger partial charge < -0.3 is 35.5 Å². The van der Waals surface area contributed by atoms with Gasteiger partial charge in [0.15, 0.2) is 0 Å². The Morgan fingerprint density at radius 3 is 1.31 bits per heavy atom. The van der Waals surface area contributed by atoms with Crippen molar-refractivity contribution >= 4 is 135 Å². The zero-order valence-corrected chi connectivity index (χ0v) is 60.9. The molecule has 106 heavy (non-hydrogen) atoms. The van der Waals surface area contributed by atoms with Crippen LogP contribution < -0.4 is 30.7 Å². The van der Waals surface area contributed by atoms with Gasteiger partial charge in [-0.1, -0.05) is 77.3 Å². The number of carbonyl (C=O) groups is 4. The number of fused-ring (bicyclic) bond motifs is 3. The fourth-order valence-corrected chi connectivity index (χ4v) is 13.4. The van der Waals surface area contributed by atoms with Crippen LogP contribution in [0.15, 0.2) is 223 Å². The first kappa shape index (κ1) is 76.3. The van der Waals surface area contributed by atoms with E-state index in [2.05, 4.69) is 75.2 Å². The van der Waals surface area contributed by atoms with E-state index < -0.39 is 37.8 Å². The highest BCUT2D eigenvalue weighted by Gasteiger charge is 2.20. The lowest BCUT2D eigenvalue weighted by Gasteiger charge is -2.26. The number of methoxy groups -OCH3 is 2. The smallest absolute Gasteiger partial charge is 0.306 e. The van der Waals surface area contributed by atoms with Crippen molar-refractivity contribution in [2.24, 2.45) is 0 Å². The number of sulfonamides is 2. The second-order valence-electron chi connectivity index (χ2n) is 23.5. The van der Waals surface area contributed by atoms with E-state index in [1.54, 1.807) is 79.3 Å². The molecule has 0 saturated carbocycles. The first-order valence-corrected chi connectivity index (χ1v) is 37.1. The van der Waals surface area contributed by atoms with Gasteiger partial charge in [0, 0.05) is 84.7 Å². The standard InChI is InChI=1S/C27H27ClN6O2.C25H21ClN4O5S.C24H21ClN4O4S/c28-21-10-9-19(17-20(21)25-18-30-22-5-1-2-6-23(22)32-25)31-27(35)24-7-3-8-26(33-24)29-11-4-12-34-13-15-36-16-14-34;1-35-24(31)12-13-28-36(33,34)18-9-6-16(7-10-18)25(32)29-17-8-11-20(26)19(14-17)23-15-27-21-4-2-3-5-22(21)30-23;1-33-13-12-27-34(31,32)18-9-6-16(7-10-18)24(30)28-17-8-11-20(25)19(14-17)23-15-26-21-4-2-3-5-22(21)29-23/h1-3,5-10,17-18H,4,11-16H2,(H,29,33)(H,31,35);2-11,14-15,28H,12-13H2,1H3,(H,29,32);2-11,14-15,27H,12-13H2,1H3,(H,28,30). The number of para-hydroxylation sites is 6. The molecule has 1 aliphatic rings. The second kappa shape index (κ2) is 36.3. The largest absolute Gasteiger partial charge is 0.469 e. The minimum absolute atomic E-state index is 0.0347. The molecule has 3 amide bonds. The molecule has 0 spiro atoms. The Morgan fingerprint density at radius 2 is 0.887 bits per heavy atom. The van der Waals surface area contributed by atoms with Gasteiger partial charge in [0.2, 0.25) is 20.0 Å². The van der Waals surface area contributed by atoms with Crippen LogP contribution in [0, 0.1) is 0 Å². The Kier molecular flexibility index (Phi) is 26.1. The molecule has 542 valence electrons. The van der Waals surface area contributed by atoms with Crippen molar-refractivity contribution in [3.8, 4) is 33.8 Å². The van der Waals surface area contributed by atoms with Crippen molar-refractivity contribution in [2.75, 3.05) is 94.6 Å². The Morgan fingerprint density at radius 1 is 0.472 bits per heavy atom. The number of carbonyl (C=O) groups excluding carboxylic acids is 4. The van der Waals surface area contributed by atoms with E-state index in [0.717, 1.165) is 78.9 Å². The molecule has 0 unspecified atom stereocenters. The molecule has 30 heteroatoms. The van der Waals surface area contributed by atoms with Gasteiger partial charge in [-0.15, -0.1) is 0 Å². The van der Waals surface area contributed by atoms with Crippen LogP contribution in [-0.2, 0) is 39.1 Å². The summed E-state index contributed by atoms with van der Waals surface area (Å²) in [5.74, 6) is -0.981. The summed E-state index contributed by atoms with van der Waals surface area (Å²) >= 11 is 19.2. The maximum Gasteiger partial charge on any atom is 0.306 e. The van der Waals surface area contributed by atoms with Gasteiger partial charge in [-0.3, -0.25) is 39.0 Å². The molecule has 5 heterocycles. The van der Waals surface area contributed by atoms with E-state index in [0.29, 0.717) is 83.0 Å². The van der Waals surface area contributed by atoms with Crippen LogP contribution in [0.25, 0.3) is 66.9 Å². The topological polar surface area (TPSA) is 330 Å². The molecule has 8 aromatic carbocycles. The predicted molar refractivity (Wildman–Crippen MR) is 410 cm³/mol. The SMILES string of the molecule is COC(=O)CCNS(=O)(=O)c1ccc(C(=O)Nc2ccc(Cl)c(-c3cnc4ccccc4n3)c2)cc1.COCCNS(=O)(=O)c1ccc(C(=O)Nc2ccc(Cl)c(-c3cnc4ccccc4n3)c2)cc1.O=C(Nc1ccc(Cl)c(-c2cnc3ccccc3n2)c1)c1cccc(NCCCN2CCOCC2)n1. The molecular weight excluding hydrogens is 1460 g/mol. The first-order valence-electron chi connectivity index (χ1n) is 33.0. The van der Waals surface area contributed by atoms with Crippen LogP contribution in [-0.4, -0.2) is 154 Å². The van der Waals surface area contributed by atoms with Crippen molar-refractivity contribution in [3.63, 3.8) is 0 Å². The predicted octanol–water partition coefficient (Wildman–Crippen LogP) is 12.9. The molecule has 1 saturated heterocycles. The van der Waals surface area contributed by atoms with Crippen molar-refractivity contribution in [1.82, 2.24) is 49.2 Å². The summed E-state index contributed by atoms with van der Waals surface area (Å²) in [5.41, 5.74) is 10.7. The molecular formula is C76H69Cl3N14O11S2. The molecule has 1 fully saturated rings. The maximum absolute atomic E-state index is 12.9. The van der Waals surface area contributed by atoms with Crippen LogP contribution >= 0.6 is 34.8 Å². The number of esters is 1. The zero-order valence-electron chi connectivity index (χ0n) is 57.0. The van der Waals surface area contributed by atoms with Crippen LogP contribution in [0.2, 0.25) is 15.1 Å². The number of nitrogens with one attached hydrogen (secondary N) is 6. The summed E-state index contributed by atoms with van der Waals surface area (Å²) in [6.45, 7) is 5.67. The average molecular weight is 1520 g/mol. The molecule has 0 radical (unpaired) electrons.